The third-order valence-corrected chi connectivity index (χ3v) is 6.82. The van der Waals surface area contributed by atoms with Gasteiger partial charge in [0.15, 0.2) is 0 Å². The Labute approximate surface area is 171 Å². The summed E-state index contributed by atoms with van der Waals surface area (Å²) in [5, 5.41) is 1.47. The van der Waals surface area contributed by atoms with Crippen LogP contribution in [0.25, 0.3) is 0 Å². The van der Waals surface area contributed by atoms with Gasteiger partial charge in [-0.1, -0.05) is 55.2 Å². The Bertz CT molecular complexity index is 819. The van der Waals surface area contributed by atoms with E-state index in [-0.39, 0.29) is 11.3 Å². The number of hydrogen-bond acceptors (Lipinski definition) is 2. The van der Waals surface area contributed by atoms with Gasteiger partial charge in [0.05, 0.1) is 0 Å². The second-order valence-electron chi connectivity index (χ2n) is 7.76. The minimum Gasteiger partial charge on any atom is -0.366 e. The van der Waals surface area contributed by atoms with Gasteiger partial charge in [0.2, 0.25) is 5.91 Å². The second-order valence-corrected chi connectivity index (χ2v) is 8.58. The maximum absolute atomic E-state index is 11.5. The molecule has 3 nitrogen and oxygen atoms in total. The normalized spacial score (nSPS) is 23.3. The lowest BCUT2D eigenvalue weighted by atomic mass is 9.68. The van der Waals surface area contributed by atoms with E-state index < -0.39 is 0 Å². The molecule has 1 saturated heterocycles. The highest BCUT2D eigenvalue weighted by molar-refractivity contribution is 6.35. The Morgan fingerprint density at radius 1 is 1.22 bits per heavy atom. The number of primary amides is 1. The van der Waals surface area contributed by atoms with Crippen molar-refractivity contribution in [3.8, 4) is 0 Å². The summed E-state index contributed by atoms with van der Waals surface area (Å²) in [7, 11) is 0. The van der Waals surface area contributed by atoms with E-state index >= 15 is 0 Å². The molecule has 0 aromatic heterocycles. The zero-order valence-corrected chi connectivity index (χ0v) is 17.4. The molecular formula is C22H26Cl2N2O. The summed E-state index contributed by atoms with van der Waals surface area (Å²) in [6.07, 6.45) is 1.88. The van der Waals surface area contributed by atoms with Crippen LogP contribution in [0.2, 0.25) is 10.0 Å². The van der Waals surface area contributed by atoms with Crippen molar-refractivity contribution in [2.75, 3.05) is 19.6 Å². The summed E-state index contributed by atoms with van der Waals surface area (Å²) in [4.78, 5) is 14.0. The average molecular weight is 405 g/mol. The van der Waals surface area contributed by atoms with Crippen molar-refractivity contribution in [1.29, 1.82) is 0 Å². The molecule has 1 aliphatic heterocycles. The van der Waals surface area contributed by atoms with Crippen molar-refractivity contribution in [1.82, 2.24) is 4.90 Å². The predicted molar refractivity (Wildman–Crippen MR) is 113 cm³/mol. The Hall–Kier alpha value is -1.55. The topological polar surface area (TPSA) is 46.3 Å². The highest BCUT2D eigenvalue weighted by Crippen LogP contribution is 2.39. The number of carbonyl (C=O) groups excluding carboxylic acids is 1. The van der Waals surface area contributed by atoms with Crippen LogP contribution in [0.3, 0.4) is 0 Å². The van der Waals surface area contributed by atoms with Gasteiger partial charge >= 0.3 is 0 Å². The van der Waals surface area contributed by atoms with Crippen LogP contribution in [0.1, 0.15) is 41.8 Å². The van der Waals surface area contributed by atoms with Gasteiger partial charge < -0.3 is 10.6 Å². The first kappa shape index (κ1) is 20.2. The fourth-order valence-corrected chi connectivity index (χ4v) is 4.60. The Morgan fingerprint density at radius 2 is 1.89 bits per heavy atom. The number of halogens is 2. The highest BCUT2D eigenvalue weighted by atomic mass is 35.5. The van der Waals surface area contributed by atoms with Crippen LogP contribution in [0.4, 0.5) is 0 Å². The number of carbonyl (C=O) groups is 1. The number of rotatable bonds is 5. The molecule has 0 aliphatic carbocycles. The molecule has 5 heteroatoms. The molecule has 0 bridgehead atoms. The third kappa shape index (κ3) is 4.31. The first-order valence-electron chi connectivity index (χ1n) is 9.37. The summed E-state index contributed by atoms with van der Waals surface area (Å²) in [5.74, 6) is 0.0817. The Balaban J connectivity index is 1.68. The molecule has 0 saturated carbocycles. The van der Waals surface area contributed by atoms with E-state index in [2.05, 4.69) is 24.8 Å². The van der Waals surface area contributed by atoms with E-state index in [1.54, 1.807) is 6.07 Å². The number of piperidine rings is 1. The zero-order chi connectivity index (χ0) is 19.6. The number of nitrogens with two attached hydrogens (primary N) is 1. The van der Waals surface area contributed by atoms with Crippen LogP contribution in [0, 0.1) is 5.92 Å². The van der Waals surface area contributed by atoms with Crippen molar-refractivity contribution in [2.45, 2.75) is 32.1 Å². The minimum atomic E-state index is -0.373. The number of nitrogens with zero attached hydrogens (tertiary/aromatic N) is 1. The molecular weight excluding hydrogens is 379 g/mol. The van der Waals surface area contributed by atoms with Crippen molar-refractivity contribution in [2.24, 2.45) is 11.7 Å². The average Bonchev–Trinajstić information content (AvgIpc) is 2.64. The molecule has 1 amide bonds. The van der Waals surface area contributed by atoms with E-state index in [9.17, 15) is 4.79 Å². The fraction of sp³-hybridized carbons (Fsp3) is 0.409. The fourth-order valence-electron chi connectivity index (χ4n) is 4.02. The number of benzene rings is 2. The van der Waals surface area contributed by atoms with Crippen molar-refractivity contribution in [3.63, 3.8) is 0 Å². The van der Waals surface area contributed by atoms with E-state index in [1.807, 2.05) is 30.3 Å². The second kappa shape index (κ2) is 8.22. The van der Waals surface area contributed by atoms with Crippen LogP contribution < -0.4 is 5.73 Å². The maximum Gasteiger partial charge on any atom is 0.248 e. The number of likely N-dealkylation sites (tertiary alicyclic amines) is 1. The first-order chi connectivity index (χ1) is 12.8. The zero-order valence-electron chi connectivity index (χ0n) is 15.8. The lowest BCUT2D eigenvalue weighted by Gasteiger charge is -2.45. The minimum absolute atomic E-state index is 0.0317. The van der Waals surface area contributed by atoms with Gasteiger partial charge in [0.25, 0.3) is 0 Å². The molecule has 2 atom stereocenters. The van der Waals surface area contributed by atoms with Gasteiger partial charge in [-0.05, 0) is 66.1 Å². The molecule has 0 spiro atoms. The van der Waals surface area contributed by atoms with Crippen molar-refractivity contribution in [3.05, 3.63) is 69.2 Å². The molecule has 2 aromatic carbocycles. The van der Waals surface area contributed by atoms with Gasteiger partial charge in [-0.25, -0.2) is 0 Å². The summed E-state index contributed by atoms with van der Waals surface area (Å²) >= 11 is 12.6. The third-order valence-electron chi connectivity index (χ3n) is 6.11. The monoisotopic (exact) mass is 404 g/mol. The molecule has 144 valence electrons. The maximum atomic E-state index is 11.5. The van der Waals surface area contributed by atoms with E-state index in [0.717, 1.165) is 48.1 Å². The smallest absolute Gasteiger partial charge is 0.248 e. The van der Waals surface area contributed by atoms with Crippen LogP contribution in [-0.2, 0) is 11.8 Å². The van der Waals surface area contributed by atoms with Gasteiger partial charge in [-0.2, -0.15) is 0 Å². The van der Waals surface area contributed by atoms with Gasteiger partial charge in [0.1, 0.15) is 0 Å². The standard InChI is InChI=1S/C22H26Cl2N2O/c1-15-14-26(11-9-18-19(23)7-4-8-20(18)24)12-10-22(15,2)17-6-3-5-16(13-17)21(25)27/h3-8,13,15H,9-12,14H2,1-2H3,(H2,25,27). The summed E-state index contributed by atoms with van der Waals surface area (Å²) in [5.41, 5.74) is 8.29. The molecule has 1 heterocycles. The van der Waals surface area contributed by atoms with Crippen molar-refractivity contribution >= 4 is 29.1 Å². The molecule has 2 N–H and O–H groups in total. The highest BCUT2D eigenvalue weighted by Gasteiger charge is 2.38. The lowest BCUT2D eigenvalue weighted by Crippen LogP contribution is -2.47. The quantitative estimate of drug-likeness (QED) is 0.767. The van der Waals surface area contributed by atoms with Crippen LogP contribution in [-0.4, -0.2) is 30.4 Å². The molecule has 27 heavy (non-hydrogen) atoms. The summed E-state index contributed by atoms with van der Waals surface area (Å²) in [6.45, 7) is 7.51. The molecule has 3 rings (SSSR count). The van der Waals surface area contributed by atoms with E-state index in [0.29, 0.717) is 11.5 Å². The molecule has 2 unspecified atom stereocenters. The van der Waals surface area contributed by atoms with Crippen LogP contribution >= 0.6 is 23.2 Å². The van der Waals surface area contributed by atoms with E-state index in [4.69, 9.17) is 28.9 Å². The van der Waals surface area contributed by atoms with Crippen molar-refractivity contribution < 1.29 is 4.79 Å². The van der Waals surface area contributed by atoms with Crippen LogP contribution in [0.15, 0.2) is 42.5 Å². The lowest BCUT2D eigenvalue weighted by molar-refractivity contribution is 0.0998. The summed E-state index contributed by atoms with van der Waals surface area (Å²) in [6, 6.07) is 13.4. The summed E-state index contributed by atoms with van der Waals surface area (Å²) < 4.78 is 0. The van der Waals surface area contributed by atoms with E-state index in [1.165, 1.54) is 5.56 Å². The molecule has 1 fully saturated rings. The number of amides is 1. The first-order valence-corrected chi connectivity index (χ1v) is 10.1. The predicted octanol–water partition coefficient (Wildman–Crippen LogP) is 4.93. The Morgan fingerprint density at radius 3 is 2.52 bits per heavy atom. The Kier molecular flexibility index (Phi) is 6.15. The molecule has 2 aromatic rings. The van der Waals surface area contributed by atoms with Gasteiger partial charge in [0, 0.05) is 28.7 Å². The number of hydrogen-bond donors (Lipinski definition) is 1. The van der Waals surface area contributed by atoms with Gasteiger partial charge in [-0.15, -0.1) is 0 Å². The molecule has 0 radical (unpaired) electrons. The van der Waals surface area contributed by atoms with Gasteiger partial charge in [-0.3, -0.25) is 4.79 Å². The van der Waals surface area contributed by atoms with Crippen LogP contribution in [0.5, 0.6) is 0 Å². The largest absolute Gasteiger partial charge is 0.366 e. The molecule has 1 aliphatic rings. The SMILES string of the molecule is CC1CN(CCc2c(Cl)cccc2Cl)CCC1(C)c1cccc(C(N)=O)c1.